The van der Waals surface area contributed by atoms with E-state index in [0.717, 1.165) is 10.3 Å². The van der Waals surface area contributed by atoms with Crippen molar-refractivity contribution in [1.29, 1.82) is 0 Å². The Bertz CT molecular complexity index is 678. The maximum absolute atomic E-state index is 12.2. The van der Waals surface area contributed by atoms with Crippen LogP contribution in [-0.2, 0) is 11.3 Å². The minimum atomic E-state index is -0.664. The number of benzene rings is 1. The van der Waals surface area contributed by atoms with Crippen LogP contribution in [0.15, 0.2) is 47.3 Å². The highest BCUT2D eigenvalue weighted by molar-refractivity contribution is 5.87. The molecule has 0 atom stereocenters. The highest BCUT2D eigenvalue weighted by Crippen LogP contribution is 2.07. The van der Waals surface area contributed by atoms with Gasteiger partial charge in [-0.25, -0.2) is 4.79 Å². The largest absolute Gasteiger partial charge is 0.491 e. The van der Waals surface area contributed by atoms with E-state index in [0.29, 0.717) is 0 Å². The van der Waals surface area contributed by atoms with Crippen LogP contribution in [0.4, 0.5) is 0 Å². The Balaban J connectivity index is 2.35. The summed E-state index contributed by atoms with van der Waals surface area (Å²) in [5, 5.41) is 0. The molecule has 0 fully saturated rings. The first-order chi connectivity index (χ1) is 10.2. The molecule has 2 aromatic rings. The molecule has 0 aliphatic rings. The zero-order valence-corrected chi connectivity index (χ0v) is 11.7. The van der Waals surface area contributed by atoms with Crippen LogP contribution < -0.4 is 15.1 Å². The first-order valence-corrected chi connectivity index (χ1v) is 6.23. The second-order valence-corrected chi connectivity index (χ2v) is 4.14. The number of esters is 1. The maximum atomic E-state index is 12.2. The highest BCUT2D eigenvalue weighted by Gasteiger charge is 2.17. The zero-order valence-electron chi connectivity index (χ0n) is 11.7. The predicted molar refractivity (Wildman–Crippen MR) is 75.3 cm³/mol. The van der Waals surface area contributed by atoms with Gasteiger partial charge >= 0.3 is 11.5 Å². The zero-order chi connectivity index (χ0) is 15.2. The lowest BCUT2D eigenvalue weighted by molar-refractivity contribution is 0.0455. The van der Waals surface area contributed by atoms with Crippen molar-refractivity contribution in [2.75, 3.05) is 14.2 Å². The fourth-order valence-corrected chi connectivity index (χ4v) is 1.76. The van der Waals surface area contributed by atoms with Gasteiger partial charge in [-0.15, -0.1) is 4.73 Å². The third-order valence-corrected chi connectivity index (χ3v) is 2.82. The number of carbonyl (C=O) groups excluding carboxylic acids is 1. The van der Waals surface area contributed by atoms with Gasteiger partial charge in [-0.2, -0.15) is 0 Å². The van der Waals surface area contributed by atoms with Gasteiger partial charge in [0.1, 0.15) is 6.61 Å². The number of rotatable bonds is 5. The number of pyridine rings is 1. The van der Waals surface area contributed by atoms with Crippen molar-refractivity contribution in [3.8, 4) is 5.75 Å². The molecule has 1 aromatic heterocycles. The van der Waals surface area contributed by atoms with Crippen molar-refractivity contribution in [2.45, 2.75) is 6.61 Å². The molecular weight excluding hydrogens is 274 g/mol. The molecule has 0 amide bonds. The van der Waals surface area contributed by atoms with E-state index in [4.69, 9.17) is 9.57 Å². The summed E-state index contributed by atoms with van der Waals surface area (Å²) in [5.41, 5.74) is 0.304. The van der Waals surface area contributed by atoms with Gasteiger partial charge in [-0.1, -0.05) is 30.3 Å². The summed E-state index contributed by atoms with van der Waals surface area (Å²) in [6.45, 7) is 0.137. The second kappa shape index (κ2) is 6.60. The number of hydrogen-bond donors (Lipinski definition) is 0. The van der Waals surface area contributed by atoms with Crippen molar-refractivity contribution >= 4 is 5.97 Å². The van der Waals surface area contributed by atoms with Gasteiger partial charge in [0.25, 0.3) is 0 Å². The maximum Gasteiger partial charge on any atom is 0.358 e. The summed E-state index contributed by atoms with van der Waals surface area (Å²) in [4.78, 5) is 29.3. The summed E-state index contributed by atoms with van der Waals surface area (Å²) in [6, 6.07) is 12.1. The number of ether oxygens (including phenoxy) is 2. The SMILES string of the molecule is COC(=O)c1ccc(OC)c(=O)n1OCc1ccccc1. The lowest BCUT2D eigenvalue weighted by Gasteiger charge is -2.13. The molecule has 0 saturated carbocycles. The second-order valence-electron chi connectivity index (χ2n) is 4.14. The number of nitrogens with zero attached hydrogens (tertiary/aromatic N) is 1. The lowest BCUT2D eigenvalue weighted by atomic mass is 10.2. The van der Waals surface area contributed by atoms with Crippen LogP contribution in [0.5, 0.6) is 5.75 Å². The summed E-state index contributed by atoms with van der Waals surface area (Å²) in [6.07, 6.45) is 0. The van der Waals surface area contributed by atoms with Crippen LogP contribution in [0.25, 0.3) is 0 Å². The van der Waals surface area contributed by atoms with Gasteiger partial charge < -0.3 is 14.3 Å². The Morgan fingerprint density at radius 3 is 2.43 bits per heavy atom. The van der Waals surface area contributed by atoms with Crippen molar-refractivity contribution in [3.63, 3.8) is 0 Å². The minimum absolute atomic E-state index is 0.000712. The summed E-state index contributed by atoms with van der Waals surface area (Å²) >= 11 is 0. The number of carbonyl (C=O) groups is 1. The van der Waals surface area contributed by atoms with Gasteiger partial charge in [-0.05, 0) is 17.7 Å². The van der Waals surface area contributed by atoms with Crippen molar-refractivity contribution in [3.05, 3.63) is 64.1 Å². The van der Waals surface area contributed by atoms with Crippen molar-refractivity contribution in [1.82, 2.24) is 4.73 Å². The van der Waals surface area contributed by atoms with Crippen LogP contribution in [0.2, 0.25) is 0 Å². The molecule has 6 nitrogen and oxygen atoms in total. The highest BCUT2D eigenvalue weighted by atomic mass is 16.7. The topological polar surface area (TPSA) is 66.8 Å². The average molecular weight is 289 g/mol. The van der Waals surface area contributed by atoms with Crippen LogP contribution in [0.1, 0.15) is 16.1 Å². The predicted octanol–water partition coefficient (Wildman–Crippen LogP) is 1.27. The third-order valence-electron chi connectivity index (χ3n) is 2.82. The fourth-order valence-electron chi connectivity index (χ4n) is 1.76. The first-order valence-electron chi connectivity index (χ1n) is 6.23. The summed E-state index contributed by atoms with van der Waals surface area (Å²) in [5.74, 6) is -0.585. The molecule has 1 heterocycles. The molecule has 6 heteroatoms. The monoisotopic (exact) mass is 289 g/mol. The Labute approximate surface area is 121 Å². The van der Waals surface area contributed by atoms with E-state index in [9.17, 15) is 9.59 Å². The molecule has 0 spiro atoms. The number of hydrogen-bond acceptors (Lipinski definition) is 5. The van der Waals surface area contributed by atoms with Crippen molar-refractivity contribution in [2.24, 2.45) is 0 Å². The van der Waals surface area contributed by atoms with Gasteiger partial charge in [-0.3, -0.25) is 4.79 Å². The third kappa shape index (κ3) is 3.22. The van der Waals surface area contributed by atoms with Gasteiger partial charge in [0.15, 0.2) is 11.4 Å². The van der Waals surface area contributed by atoms with Crippen molar-refractivity contribution < 1.29 is 19.1 Å². The summed E-state index contributed by atoms with van der Waals surface area (Å²) < 4.78 is 10.5. The first kappa shape index (κ1) is 14.6. The standard InChI is InChI=1S/C15H15NO5/c1-19-13-9-8-12(15(18)20-2)16(14(13)17)21-10-11-6-4-3-5-7-11/h3-9H,10H2,1-2H3. The van der Waals surface area contributed by atoms with Crippen LogP contribution >= 0.6 is 0 Å². The summed E-state index contributed by atoms with van der Waals surface area (Å²) in [7, 11) is 2.61. The smallest absolute Gasteiger partial charge is 0.358 e. The Kier molecular flexibility index (Phi) is 4.61. The normalized spacial score (nSPS) is 10.0. The molecule has 0 N–H and O–H groups in total. The molecule has 0 radical (unpaired) electrons. The molecule has 21 heavy (non-hydrogen) atoms. The fraction of sp³-hybridized carbons (Fsp3) is 0.200. The minimum Gasteiger partial charge on any atom is -0.491 e. The van der Waals surface area contributed by atoms with E-state index in [1.807, 2.05) is 30.3 Å². The van der Waals surface area contributed by atoms with E-state index < -0.39 is 11.5 Å². The molecule has 0 unspecified atom stereocenters. The van der Waals surface area contributed by atoms with Gasteiger partial charge in [0.2, 0.25) is 0 Å². The van der Waals surface area contributed by atoms with Gasteiger partial charge in [0, 0.05) is 0 Å². The van der Waals surface area contributed by atoms with E-state index >= 15 is 0 Å². The van der Waals surface area contributed by atoms with Crippen LogP contribution in [0.3, 0.4) is 0 Å². The molecule has 0 bridgehead atoms. The molecule has 0 aliphatic heterocycles. The molecule has 0 saturated heterocycles. The Hall–Kier alpha value is -2.76. The average Bonchev–Trinajstić information content (AvgIpc) is 2.53. The quantitative estimate of drug-likeness (QED) is 0.776. The lowest BCUT2D eigenvalue weighted by Crippen LogP contribution is -2.32. The number of methoxy groups -OCH3 is 2. The van der Waals surface area contributed by atoms with Gasteiger partial charge in [0.05, 0.1) is 14.2 Å². The van der Waals surface area contributed by atoms with E-state index in [1.54, 1.807) is 0 Å². The van der Waals surface area contributed by atoms with Crippen LogP contribution in [-0.4, -0.2) is 24.9 Å². The molecule has 0 aliphatic carbocycles. The van der Waals surface area contributed by atoms with E-state index in [1.165, 1.54) is 26.4 Å². The van der Waals surface area contributed by atoms with E-state index in [2.05, 4.69) is 4.74 Å². The van der Waals surface area contributed by atoms with Crippen LogP contribution in [0, 0.1) is 0 Å². The number of aromatic nitrogens is 1. The Morgan fingerprint density at radius 1 is 1.10 bits per heavy atom. The Morgan fingerprint density at radius 2 is 1.81 bits per heavy atom. The molecular formula is C15H15NO5. The molecule has 2 rings (SSSR count). The molecule has 110 valence electrons. The molecule has 1 aromatic carbocycles. The van der Waals surface area contributed by atoms with E-state index in [-0.39, 0.29) is 18.1 Å².